The molecule has 0 radical (unpaired) electrons. The third kappa shape index (κ3) is 1.44. The topological polar surface area (TPSA) is 75.3 Å². The fraction of sp³-hybridized carbons (Fsp3) is 0.875. The first-order valence-electron chi connectivity index (χ1n) is 4.34. The molecule has 1 fully saturated rings. The lowest BCUT2D eigenvalue weighted by molar-refractivity contribution is -0.146. The summed E-state index contributed by atoms with van der Waals surface area (Å²) in [6.45, 7) is 3.40. The minimum absolute atomic E-state index is 0.0590. The molecule has 1 aliphatic heterocycles. The summed E-state index contributed by atoms with van der Waals surface area (Å²) in [5, 5.41) is 12.1. The molecule has 2 unspecified atom stereocenters. The molecule has 0 spiro atoms. The van der Waals surface area contributed by atoms with E-state index in [1.165, 1.54) is 0 Å². The fourth-order valence-corrected chi connectivity index (χ4v) is 1.75. The largest absolute Gasteiger partial charge is 0.480 e. The summed E-state index contributed by atoms with van der Waals surface area (Å²) in [5.41, 5.74) is 4.82. The number of hydrogen-bond donors (Lipinski definition) is 3. The SMILES string of the molecule is CCC1CNCCC1(N)C(=O)O. The average Bonchev–Trinajstić information content (AvgIpc) is 2.05. The van der Waals surface area contributed by atoms with Crippen LogP contribution in [0.25, 0.3) is 0 Å². The number of nitrogens with two attached hydrogens (primary N) is 1. The summed E-state index contributed by atoms with van der Waals surface area (Å²) in [6, 6.07) is 0. The summed E-state index contributed by atoms with van der Waals surface area (Å²) >= 11 is 0. The second-order valence-electron chi connectivity index (χ2n) is 3.40. The van der Waals surface area contributed by atoms with Gasteiger partial charge < -0.3 is 16.2 Å². The molecule has 0 aromatic rings. The number of rotatable bonds is 2. The molecule has 1 heterocycles. The lowest BCUT2D eigenvalue weighted by atomic mass is 9.78. The molecule has 1 rings (SSSR count). The van der Waals surface area contributed by atoms with Crippen molar-refractivity contribution in [3.63, 3.8) is 0 Å². The van der Waals surface area contributed by atoms with Crippen LogP contribution >= 0.6 is 0 Å². The number of carbonyl (C=O) groups is 1. The first-order valence-corrected chi connectivity index (χ1v) is 4.34. The van der Waals surface area contributed by atoms with Gasteiger partial charge in [-0.3, -0.25) is 4.79 Å². The predicted octanol–water partition coefficient (Wildman–Crippen LogP) is -0.212. The van der Waals surface area contributed by atoms with Crippen molar-refractivity contribution in [2.24, 2.45) is 11.7 Å². The summed E-state index contributed by atoms with van der Waals surface area (Å²) < 4.78 is 0. The summed E-state index contributed by atoms with van der Waals surface area (Å²) in [6.07, 6.45) is 1.34. The van der Waals surface area contributed by atoms with Crippen molar-refractivity contribution in [1.82, 2.24) is 5.32 Å². The van der Waals surface area contributed by atoms with E-state index in [-0.39, 0.29) is 5.92 Å². The van der Waals surface area contributed by atoms with Gasteiger partial charge in [-0.1, -0.05) is 6.92 Å². The van der Waals surface area contributed by atoms with Gasteiger partial charge in [0.15, 0.2) is 0 Å². The van der Waals surface area contributed by atoms with E-state index in [0.29, 0.717) is 13.0 Å². The quantitative estimate of drug-likeness (QED) is 0.538. The van der Waals surface area contributed by atoms with Gasteiger partial charge in [-0.25, -0.2) is 0 Å². The molecular weight excluding hydrogens is 156 g/mol. The van der Waals surface area contributed by atoms with Gasteiger partial charge >= 0.3 is 5.97 Å². The molecule has 0 amide bonds. The number of carboxylic acids is 1. The Morgan fingerprint density at radius 3 is 2.92 bits per heavy atom. The van der Waals surface area contributed by atoms with Crippen LogP contribution in [0, 0.1) is 5.92 Å². The van der Waals surface area contributed by atoms with Gasteiger partial charge in [-0.15, -0.1) is 0 Å². The molecule has 2 atom stereocenters. The van der Waals surface area contributed by atoms with E-state index in [0.717, 1.165) is 13.0 Å². The highest BCUT2D eigenvalue weighted by Crippen LogP contribution is 2.24. The molecule has 0 saturated carbocycles. The van der Waals surface area contributed by atoms with Gasteiger partial charge in [0, 0.05) is 6.54 Å². The minimum Gasteiger partial charge on any atom is -0.480 e. The predicted molar refractivity (Wildman–Crippen MR) is 45.8 cm³/mol. The van der Waals surface area contributed by atoms with Crippen LogP contribution in [0.15, 0.2) is 0 Å². The highest BCUT2D eigenvalue weighted by molar-refractivity contribution is 5.79. The highest BCUT2D eigenvalue weighted by atomic mass is 16.4. The number of piperidine rings is 1. The lowest BCUT2D eigenvalue weighted by Crippen LogP contribution is -2.61. The zero-order chi connectivity index (χ0) is 9.19. The molecule has 4 nitrogen and oxygen atoms in total. The average molecular weight is 172 g/mol. The molecule has 4 N–H and O–H groups in total. The molecule has 4 heteroatoms. The van der Waals surface area contributed by atoms with Gasteiger partial charge in [0.25, 0.3) is 0 Å². The molecule has 0 aromatic carbocycles. The van der Waals surface area contributed by atoms with Crippen molar-refractivity contribution in [1.29, 1.82) is 0 Å². The van der Waals surface area contributed by atoms with Crippen molar-refractivity contribution < 1.29 is 9.90 Å². The normalized spacial score (nSPS) is 36.3. The zero-order valence-corrected chi connectivity index (χ0v) is 7.34. The van der Waals surface area contributed by atoms with Crippen molar-refractivity contribution >= 4 is 5.97 Å². The Hall–Kier alpha value is -0.610. The Morgan fingerprint density at radius 1 is 1.83 bits per heavy atom. The highest BCUT2D eigenvalue weighted by Gasteiger charge is 2.42. The van der Waals surface area contributed by atoms with Gasteiger partial charge in [0.1, 0.15) is 5.54 Å². The van der Waals surface area contributed by atoms with E-state index in [4.69, 9.17) is 10.8 Å². The Morgan fingerprint density at radius 2 is 2.50 bits per heavy atom. The third-order valence-corrected chi connectivity index (χ3v) is 2.73. The van der Waals surface area contributed by atoms with Crippen LogP contribution < -0.4 is 11.1 Å². The van der Waals surface area contributed by atoms with Crippen LogP contribution in [0.3, 0.4) is 0 Å². The van der Waals surface area contributed by atoms with Gasteiger partial charge in [-0.2, -0.15) is 0 Å². The molecule has 0 aliphatic carbocycles. The van der Waals surface area contributed by atoms with Crippen molar-refractivity contribution in [2.75, 3.05) is 13.1 Å². The van der Waals surface area contributed by atoms with Gasteiger partial charge in [0.2, 0.25) is 0 Å². The van der Waals surface area contributed by atoms with Crippen LogP contribution in [-0.4, -0.2) is 29.7 Å². The van der Waals surface area contributed by atoms with E-state index < -0.39 is 11.5 Å². The Balaban J connectivity index is 2.75. The third-order valence-electron chi connectivity index (χ3n) is 2.73. The molecule has 70 valence electrons. The number of aliphatic carboxylic acids is 1. The fourth-order valence-electron chi connectivity index (χ4n) is 1.75. The lowest BCUT2D eigenvalue weighted by Gasteiger charge is -2.37. The van der Waals surface area contributed by atoms with Gasteiger partial charge in [0.05, 0.1) is 0 Å². The van der Waals surface area contributed by atoms with Crippen LogP contribution in [0.5, 0.6) is 0 Å². The Bertz CT molecular complexity index is 184. The number of nitrogens with one attached hydrogen (secondary N) is 1. The van der Waals surface area contributed by atoms with Crippen LogP contribution in [0.2, 0.25) is 0 Å². The maximum absolute atomic E-state index is 10.9. The van der Waals surface area contributed by atoms with E-state index in [1.807, 2.05) is 6.92 Å². The molecule has 12 heavy (non-hydrogen) atoms. The van der Waals surface area contributed by atoms with E-state index in [2.05, 4.69) is 5.32 Å². The smallest absolute Gasteiger partial charge is 0.324 e. The minimum atomic E-state index is -1.00. The Kier molecular flexibility index (Phi) is 2.69. The summed E-state index contributed by atoms with van der Waals surface area (Å²) in [7, 11) is 0. The summed E-state index contributed by atoms with van der Waals surface area (Å²) in [4.78, 5) is 10.9. The maximum Gasteiger partial charge on any atom is 0.324 e. The van der Waals surface area contributed by atoms with E-state index >= 15 is 0 Å². The zero-order valence-electron chi connectivity index (χ0n) is 7.34. The first kappa shape index (κ1) is 9.48. The van der Waals surface area contributed by atoms with Crippen molar-refractivity contribution in [3.05, 3.63) is 0 Å². The molecule has 1 saturated heterocycles. The number of carboxylic acid groups (broad SMARTS) is 1. The van der Waals surface area contributed by atoms with Crippen LogP contribution in [-0.2, 0) is 4.79 Å². The van der Waals surface area contributed by atoms with Crippen LogP contribution in [0.1, 0.15) is 19.8 Å². The number of hydrogen-bond acceptors (Lipinski definition) is 3. The molecule has 0 aromatic heterocycles. The van der Waals surface area contributed by atoms with Crippen LogP contribution in [0.4, 0.5) is 0 Å². The monoisotopic (exact) mass is 172 g/mol. The van der Waals surface area contributed by atoms with Crippen molar-refractivity contribution in [2.45, 2.75) is 25.3 Å². The van der Waals surface area contributed by atoms with Crippen molar-refractivity contribution in [3.8, 4) is 0 Å². The molecular formula is C8H16N2O2. The second kappa shape index (κ2) is 3.41. The Labute approximate surface area is 72.1 Å². The molecule has 1 aliphatic rings. The standard InChI is InChI=1S/C8H16N2O2/c1-2-6-5-10-4-3-8(6,9)7(11)12/h6,10H,2-5,9H2,1H3,(H,11,12). The molecule has 0 bridgehead atoms. The summed E-state index contributed by atoms with van der Waals surface area (Å²) in [5.74, 6) is -0.806. The first-order chi connectivity index (χ1) is 5.61. The maximum atomic E-state index is 10.9. The van der Waals surface area contributed by atoms with Gasteiger partial charge in [-0.05, 0) is 25.3 Å². The second-order valence-corrected chi connectivity index (χ2v) is 3.40. The van der Waals surface area contributed by atoms with E-state index in [1.54, 1.807) is 0 Å². The van der Waals surface area contributed by atoms with E-state index in [9.17, 15) is 4.79 Å².